The number of hydrogen-bond acceptors (Lipinski definition) is 4. The van der Waals surface area contributed by atoms with Crippen molar-refractivity contribution in [2.24, 2.45) is 0 Å². The molecule has 0 radical (unpaired) electrons. The number of nitriles is 1. The van der Waals surface area contributed by atoms with Crippen LogP contribution in [0.3, 0.4) is 0 Å². The molecule has 0 atom stereocenters. The van der Waals surface area contributed by atoms with Gasteiger partial charge in [0.2, 0.25) is 5.88 Å². The van der Waals surface area contributed by atoms with E-state index in [4.69, 9.17) is 14.7 Å². The van der Waals surface area contributed by atoms with Gasteiger partial charge in [0.25, 0.3) is 0 Å². The lowest BCUT2D eigenvalue weighted by Gasteiger charge is -2.10. The molecular formula is C14H14N2O2. The van der Waals surface area contributed by atoms with Gasteiger partial charge in [0.05, 0.1) is 18.7 Å². The van der Waals surface area contributed by atoms with Gasteiger partial charge in [-0.15, -0.1) is 0 Å². The smallest absolute Gasteiger partial charge is 0.231 e. The second-order valence-corrected chi connectivity index (χ2v) is 4.18. The molecule has 0 amide bonds. The van der Waals surface area contributed by atoms with E-state index in [2.05, 4.69) is 11.1 Å². The van der Waals surface area contributed by atoms with Gasteiger partial charge in [-0.05, 0) is 38.1 Å². The number of aromatic nitrogens is 1. The van der Waals surface area contributed by atoms with Gasteiger partial charge in [-0.3, -0.25) is 0 Å². The summed E-state index contributed by atoms with van der Waals surface area (Å²) < 4.78 is 10.7. The van der Waals surface area contributed by atoms with Crippen LogP contribution >= 0.6 is 0 Å². The molecule has 0 unspecified atom stereocenters. The van der Waals surface area contributed by atoms with Gasteiger partial charge < -0.3 is 9.47 Å². The monoisotopic (exact) mass is 242 g/mol. The first kappa shape index (κ1) is 12.2. The van der Waals surface area contributed by atoms with Crippen molar-refractivity contribution in [3.05, 3.63) is 29.8 Å². The Hall–Kier alpha value is -2.28. The second-order valence-electron chi connectivity index (χ2n) is 4.18. The van der Waals surface area contributed by atoms with E-state index < -0.39 is 0 Å². The van der Waals surface area contributed by atoms with Crippen LogP contribution in [0.5, 0.6) is 11.6 Å². The summed E-state index contributed by atoms with van der Waals surface area (Å²) in [6, 6.07) is 9.43. The van der Waals surface area contributed by atoms with E-state index in [1.807, 2.05) is 32.0 Å². The van der Waals surface area contributed by atoms with Gasteiger partial charge in [0, 0.05) is 5.39 Å². The van der Waals surface area contributed by atoms with E-state index in [9.17, 15) is 0 Å². The van der Waals surface area contributed by atoms with Crippen LogP contribution < -0.4 is 9.47 Å². The van der Waals surface area contributed by atoms with Crippen molar-refractivity contribution in [1.29, 1.82) is 5.26 Å². The molecule has 0 bridgehead atoms. The highest BCUT2D eigenvalue weighted by atomic mass is 16.5. The van der Waals surface area contributed by atoms with Crippen LogP contribution in [-0.2, 0) is 0 Å². The van der Waals surface area contributed by atoms with Crippen molar-refractivity contribution >= 4 is 10.9 Å². The number of hydrogen-bond donors (Lipinski definition) is 0. The van der Waals surface area contributed by atoms with Crippen molar-refractivity contribution in [2.45, 2.75) is 20.0 Å². The third-order valence-corrected chi connectivity index (χ3v) is 2.44. The fourth-order valence-corrected chi connectivity index (χ4v) is 1.72. The Kier molecular flexibility index (Phi) is 3.33. The number of fused-ring (bicyclic) bond motifs is 1. The van der Waals surface area contributed by atoms with Gasteiger partial charge >= 0.3 is 0 Å². The molecule has 0 fully saturated rings. The molecule has 92 valence electrons. The maximum atomic E-state index is 9.02. The number of benzene rings is 1. The van der Waals surface area contributed by atoms with Gasteiger partial charge in [-0.1, -0.05) is 0 Å². The number of nitrogens with zero attached hydrogens (tertiary/aromatic N) is 2. The molecule has 0 saturated carbocycles. The molecule has 2 aromatic rings. The molecule has 0 saturated heterocycles. The minimum absolute atomic E-state index is 0.115. The third kappa shape index (κ3) is 2.35. The Balaban J connectivity index is 2.53. The quantitative estimate of drug-likeness (QED) is 0.830. The number of methoxy groups -OCH3 is 1. The van der Waals surface area contributed by atoms with Crippen LogP contribution in [0.25, 0.3) is 10.9 Å². The number of rotatable bonds is 3. The first-order valence-electron chi connectivity index (χ1n) is 5.69. The zero-order valence-corrected chi connectivity index (χ0v) is 10.6. The molecule has 0 aliphatic rings. The highest BCUT2D eigenvalue weighted by Gasteiger charge is 2.08. The van der Waals surface area contributed by atoms with Crippen LogP contribution in [0.15, 0.2) is 24.3 Å². The minimum atomic E-state index is 0.115. The second kappa shape index (κ2) is 4.92. The first-order valence-corrected chi connectivity index (χ1v) is 5.69. The molecule has 1 heterocycles. The van der Waals surface area contributed by atoms with E-state index >= 15 is 0 Å². The molecule has 4 nitrogen and oxygen atoms in total. The predicted molar refractivity (Wildman–Crippen MR) is 68.8 cm³/mol. The fraction of sp³-hybridized carbons (Fsp3) is 0.286. The van der Waals surface area contributed by atoms with Gasteiger partial charge in [0.15, 0.2) is 0 Å². The first-order chi connectivity index (χ1) is 8.63. The van der Waals surface area contributed by atoms with Gasteiger partial charge in [-0.2, -0.15) is 5.26 Å². The molecule has 2 rings (SSSR count). The van der Waals surface area contributed by atoms with Crippen molar-refractivity contribution in [3.63, 3.8) is 0 Å². The van der Waals surface area contributed by atoms with E-state index in [0.29, 0.717) is 11.4 Å². The summed E-state index contributed by atoms with van der Waals surface area (Å²) in [4.78, 5) is 4.28. The molecule has 0 aliphatic carbocycles. The summed E-state index contributed by atoms with van der Waals surface area (Å²) in [5.74, 6) is 1.12. The molecule has 1 aromatic heterocycles. The Morgan fingerprint density at radius 2 is 2.06 bits per heavy atom. The van der Waals surface area contributed by atoms with Crippen LogP contribution in [0.2, 0.25) is 0 Å². The van der Waals surface area contributed by atoms with Crippen LogP contribution in [-0.4, -0.2) is 18.2 Å². The lowest BCUT2D eigenvalue weighted by atomic mass is 10.1. The number of pyridine rings is 1. The summed E-state index contributed by atoms with van der Waals surface area (Å²) in [6.45, 7) is 3.94. The summed E-state index contributed by atoms with van der Waals surface area (Å²) >= 11 is 0. The summed E-state index contributed by atoms with van der Waals surface area (Å²) in [5.41, 5.74) is 1.20. The molecule has 0 N–H and O–H groups in total. The minimum Gasteiger partial charge on any atom is -0.491 e. The Labute approximate surface area is 106 Å². The standard InChI is InChI=1S/C14H14N2O2/c1-9(2)18-12-4-5-13-10(7-12)6-11(8-15)14(16-13)17-3/h4-7,9H,1-3H3. The average Bonchev–Trinajstić information content (AvgIpc) is 2.36. The average molecular weight is 242 g/mol. The Morgan fingerprint density at radius 1 is 1.28 bits per heavy atom. The van der Waals surface area contributed by atoms with Crippen LogP contribution in [0.4, 0.5) is 0 Å². The lowest BCUT2D eigenvalue weighted by molar-refractivity contribution is 0.243. The van der Waals surface area contributed by atoms with E-state index in [-0.39, 0.29) is 6.10 Å². The maximum Gasteiger partial charge on any atom is 0.231 e. The topological polar surface area (TPSA) is 55.1 Å². The fourth-order valence-electron chi connectivity index (χ4n) is 1.72. The molecule has 4 heteroatoms. The van der Waals surface area contributed by atoms with Gasteiger partial charge in [0.1, 0.15) is 17.4 Å². The largest absolute Gasteiger partial charge is 0.491 e. The Morgan fingerprint density at radius 3 is 2.67 bits per heavy atom. The Bertz CT molecular complexity index is 615. The van der Waals surface area contributed by atoms with Crippen molar-refractivity contribution < 1.29 is 9.47 Å². The van der Waals surface area contributed by atoms with Crippen molar-refractivity contribution in [3.8, 4) is 17.7 Å². The van der Waals surface area contributed by atoms with E-state index in [0.717, 1.165) is 16.7 Å². The molecule has 0 spiro atoms. The molecule has 18 heavy (non-hydrogen) atoms. The SMILES string of the molecule is COc1nc2ccc(OC(C)C)cc2cc1C#N. The third-order valence-electron chi connectivity index (χ3n) is 2.44. The van der Waals surface area contributed by atoms with Gasteiger partial charge in [-0.25, -0.2) is 4.98 Å². The lowest BCUT2D eigenvalue weighted by Crippen LogP contribution is -2.05. The molecular weight excluding hydrogens is 228 g/mol. The highest BCUT2D eigenvalue weighted by Crippen LogP contribution is 2.25. The predicted octanol–water partition coefficient (Wildman–Crippen LogP) is 2.90. The zero-order chi connectivity index (χ0) is 13.1. The van der Waals surface area contributed by atoms with Crippen LogP contribution in [0, 0.1) is 11.3 Å². The summed E-state index contributed by atoms with van der Waals surface area (Å²) in [5, 5.41) is 9.89. The molecule has 1 aromatic carbocycles. The zero-order valence-electron chi connectivity index (χ0n) is 10.6. The normalized spacial score (nSPS) is 10.4. The highest BCUT2D eigenvalue weighted by molar-refractivity contribution is 5.82. The summed E-state index contributed by atoms with van der Waals surface area (Å²) in [6.07, 6.45) is 0.115. The van der Waals surface area contributed by atoms with E-state index in [1.165, 1.54) is 7.11 Å². The number of ether oxygens (including phenoxy) is 2. The summed E-state index contributed by atoms with van der Waals surface area (Å²) in [7, 11) is 1.51. The van der Waals surface area contributed by atoms with Crippen LogP contribution in [0.1, 0.15) is 19.4 Å². The van der Waals surface area contributed by atoms with E-state index in [1.54, 1.807) is 6.07 Å². The van der Waals surface area contributed by atoms with Crippen molar-refractivity contribution in [2.75, 3.05) is 7.11 Å². The maximum absolute atomic E-state index is 9.02. The van der Waals surface area contributed by atoms with Crippen molar-refractivity contribution in [1.82, 2.24) is 4.98 Å². The molecule has 0 aliphatic heterocycles.